The number of rotatable bonds is 8. The average molecular weight is 329 g/mol. The summed E-state index contributed by atoms with van der Waals surface area (Å²) in [6, 6.07) is 5.49. The van der Waals surface area contributed by atoms with Crippen LogP contribution >= 0.6 is 0 Å². The average Bonchev–Trinajstić information content (AvgIpc) is 2.44. The molecule has 2 N–H and O–H groups in total. The molecule has 0 saturated carbocycles. The Bertz CT molecular complexity index is 640. The predicted octanol–water partition coefficient (Wildman–Crippen LogP) is 0.703. The van der Waals surface area contributed by atoms with Gasteiger partial charge in [0, 0.05) is 17.4 Å². The van der Waals surface area contributed by atoms with Gasteiger partial charge in [0.2, 0.25) is 0 Å². The smallest absolute Gasteiger partial charge is 0.341 e. The van der Waals surface area contributed by atoms with Crippen molar-refractivity contribution in [3.8, 4) is 5.75 Å². The lowest BCUT2D eigenvalue weighted by molar-refractivity contribution is -0.139. The van der Waals surface area contributed by atoms with E-state index in [2.05, 4.69) is 5.32 Å². The van der Waals surface area contributed by atoms with E-state index in [1.807, 2.05) is 0 Å². The Hall–Kier alpha value is -2.09. The molecule has 0 bridgehead atoms. The topological polar surface area (TPSA) is 110 Å². The van der Waals surface area contributed by atoms with E-state index in [0.717, 1.165) is 0 Å². The lowest BCUT2D eigenvalue weighted by atomic mass is 10.2. The first-order chi connectivity index (χ1) is 10.2. The zero-order valence-electron chi connectivity index (χ0n) is 12.4. The van der Waals surface area contributed by atoms with E-state index in [1.165, 1.54) is 18.2 Å². The van der Waals surface area contributed by atoms with Gasteiger partial charge in [0.15, 0.2) is 16.4 Å². The van der Waals surface area contributed by atoms with Crippen molar-refractivity contribution in [1.29, 1.82) is 0 Å². The Morgan fingerprint density at radius 3 is 2.64 bits per heavy atom. The minimum Gasteiger partial charge on any atom is -0.482 e. The minimum absolute atomic E-state index is 0.0196. The highest BCUT2D eigenvalue weighted by molar-refractivity contribution is 7.91. The highest BCUT2D eigenvalue weighted by Gasteiger charge is 2.16. The molecule has 7 nitrogen and oxygen atoms in total. The molecular weight excluding hydrogens is 310 g/mol. The van der Waals surface area contributed by atoms with Gasteiger partial charge in [-0.15, -0.1) is 0 Å². The molecule has 0 fully saturated rings. The molecule has 0 spiro atoms. The van der Waals surface area contributed by atoms with Crippen LogP contribution in [-0.4, -0.2) is 49.6 Å². The van der Waals surface area contributed by atoms with Crippen molar-refractivity contribution in [3.63, 3.8) is 0 Å². The standard InChI is InChI=1S/C14H19NO6S/c1-3-22(19,20)9-10(2)15-14(18)11-5-4-6-12(7-11)21-8-13(16)17/h4-7,10H,3,8-9H2,1-2H3,(H,15,18)(H,16,17). The highest BCUT2D eigenvalue weighted by Crippen LogP contribution is 2.13. The van der Waals surface area contributed by atoms with Gasteiger partial charge in [-0.05, 0) is 25.1 Å². The monoisotopic (exact) mass is 329 g/mol. The quantitative estimate of drug-likeness (QED) is 0.726. The van der Waals surface area contributed by atoms with Crippen LogP contribution in [0.1, 0.15) is 24.2 Å². The van der Waals surface area contributed by atoms with Crippen molar-refractivity contribution >= 4 is 21.7 Å². The molecule has 8 heteroatoms. The maximum atomic E-state index is 12.0. The second-order valence-electron chi connectivity index (χ2n) is 4.78. The van der Waals surface area contributed by atoms with Crippen molar-refractivity contribution in [1.82, 2.24) is 5.32 Å². The summed E-state index contributed by atoms with van der Waals surface area (Å²) in [6.07, 6.45) is 0. The molecule has 0 radical (unpaired) electrons. The first-order valence-electron chi connectivity index (χ1n) is 6.69. The number of carbonyl (C=O) groups excluding carboxylic acids is 1. The Kier molecular flexibility index (Phi) is 6.36. The van der Waals surface area contributed by atoms with E-state index in [4.69, 9.17) is 9.84 Å². The lowest BCUT2D eigenvalue weighted by Gasteiger charge is -2.14. The molecular formula is C14H19NO6S. The Labute approximate surface area is 129 Å². The van der Waals surface area contributed by atoms with E-state index in [1.54, 1.807) is 19.9 Å². The molecule has 22 heavy (non-hydrogen) atoms. The van der Waals surface area contributed by atoms with Crippen LogP contribution in [0.15, 0.2) is 24.3 Å². The van der Waals surface area contributed by atoms with Crippen molar-refractivity contribution in [2.75, 3.05) is 18.1 Å². The summed E-state index contributed by atoms with van der Waals surface area (Å²) in [5, 5.41) is 11.1. The van der Waals surface area contributed by atoms with Crippen LogP contribution in [0.3, 0.4) is 0 Å². The van der Waals surface area contributed by atoms with Gasteiger partial charge in [0.1, 0.15) is 5.75 Å². The number of nitrogens with one attached hydrogen (secondary N) is 1. The maximum absolute atomic E-state index is 12.0. The molecule has 1 aromatic carbocycles. The van der Waals surface area contributed by atoms with Crippen LogP contribution in [0, 0.1) is 0 Å². The number of hydrogen-bond donors (Lipinski definition) is 2. The molecule has 0 aliphatic heterocycles. The zero-order chi connectivity index (χ0) is 16.8. The molecule has 1 atom stereocenters. The Morgan fingerprint density at radius 1 is 1.36 bits per heavy atom. The van der Waals surface area contributed by atoms with E-state index in [9.17, 15) is 18.0 Å². The number of amides is 1. The SMILES string of the molecule is CCS(=O)(=O)CC(C)NC(=O)c1cccc(OCC(=O)O)c1. The van der Waals surface area contributed by atoms with Gasteiger partial charge in [-0.3, -0.25) is 4.79 Å². The van der Waals surface area contributed by atoms with Gasteiger partial charge in [-0.25, -0.2) is 13.2 Å². The van der Waals surface area contributed by atoms with E-state index in [0.29, 0.717) is 0 Å². The summed E-state index contributed by atoms with van der Waals surface area (Å²) < 4.78 is 28.0. The van der Waals surface area contributed by atoms with Crippen LogP contribution in [-0.2, 0) is 14.6 Å². The summed E-state index contributed by atoms with van der Waals surface area (Å²) >= 11 is 0. The van der Waals surface area contributed by atoms with Crippen molar-refractivity contribution in [2.45, 2.75) is 19.9 Å². The van der Waals surface area contributed by atoms with Crippen LogP contribution in [0.25, 0.3) is 0 Å². The van der Waals surface area contributed by atoms with Crippen LogP contribution < -0.4 is 10.1 Å². The minimum atomic E-state index is -3.18. The second-order valence-corrected chi connectivity index (χ2v) is 7.18. The molecule has 0 heterocycles. The van der Waals surface area contributed by atoms with Gasteiger partial charge < -0.3 is 15.2 Å². The molecule has 0 aliphatic rings. The molecule has 0 aromatic heterocycles. The number of sulfone groups is 1. The van der Waals surface area contributed by atoms with E-state index >= 15 is 0 Å². The lowest BCUT2D eigenvalue weighted by Crippen LogP contribution is -2.37. The van der Waals surface area contributed by atoms with Crippen LogP contribution in [0.2, 0.25) is 0 Å². The molecule has 1 unspecified atom stereocenters. The highest BCUT2D eigenvalue weighted by atomic mass is 32.2. The molecule has 1 amide bonds. The molecule has 122 valence electrons. The van der Waals surface area contributed by atoms with Crippen molar-refractivity contribution in [2.24, 2.45) is 0 Å². The van der Waals surface area contributed by atoms with Crippen molar-refractivity contribution in [3.05, 3.63) is 29.8 Å². The zero-order valence-corrected chi connectivity index (χ0v) is 13.2. The number of aliphatic carboxylic acids is 1. The number of ether oxygens (including phenoxy) is 1. The fourth-order valence-corrected chi connectivity index (χ4v) is 2.80. The largest absolute Gasteiger partial charge is 0.482 e. The fraction of sp³-hybridized carbons (Fsp3) is 0.429. The predicted molar refractivity (Wildman–Crippen MR) is 80.8 cm³/mol. The van der Waals surface area contributed by atoms with Gasteiger partial charge >= 0.3 is 5.97 Å². The van der Waals surface area contributed by atoms with Gasteiger partial charge in [-0.2, -0.15) is 0 Å². The maximum Gasteiger partial charge on any atom is 0.341 e. The van der Waals surface area contributed by atoms with Crippen LogP contribution in [0.5, 0.6) is 5.75 Å². The van der Waals surface area contributed by atoms with Gasteiger partial charge in [0.25, 0.3) is 5.91 Å². The van der Waals surface area contributed by atoms with Gasteiger partial charge in [-0.1, -0.05) is 13.0 Å². The van der Waals surface area contributed by atoms with Crippen LogP contribution in [0.4, 0.5) is 0 Å². The molecule has 0 aliphatic carbocycles. The Morgan fingerprint density at radius 2 is 2.05 bits per heavy atom. The summed E-state index contributed by atoms with van der Waals surface area (Å²) in [6.45, 7) is 2.65. The van der Waals surface area contributed by atoms with Crippen molar-refractivity contribution < 1.29 is 27.9 Å². The fourth-order valence-electron chi connectivity index (χ4n) is 1.72. The molecule has 1 aromatic rings. The number of carbonyl (C=O) groups is 2. The first-order valence-corrected chi connectivity index (χ1v) is 8.51. The summed E-state index contributed by atoms with van der Waals surface area (Å²) in [5.74, 6) is -1.42. The number of carboxylic acid groups (broad SMARTS) is 1. The van der Waals surface area contributed by atoms with E-state index < -0.39 is 34.4 Å². The third kappa shape index (κ3) is 6.13. The number of benzene rings is 1. The first kappa shape index (κ1) is 18.0. The molecule has 0 saturated heterocycles. The number of hydrogen-bond acceptors (Lipinski definition) is 5. The Balaban J connectivity index is 2.69. The van der Waals surface area contributed by atoms with Gasteiger partial charge in [0.05, 0.1) is 5.75 Å². The van der Waals surface area contributed by atoms with E-state index in [-0.39, 0.29) is 22.8 Å². The number of carboxylic acids is 1. The molecule has 1 rings (SSSR count). The summed E-state index contributed by atoms with van der Waals surface area (Å²) in [5.41, 5.74) is 0.267. The third-order valence-corrected chi connectivity index (χ3v) is 4.67. The second kappa shape index (κ2) is 7.79. The summed E-state index contributed by atoms with van der Waals surface area (Å²) in [7, 11) is -3.18. The normalized spacial score (nSPS) is 12.5. The third-order valence-electron chi connectivity index (χ3n) is 2.78. The summed E-state index contributed by atoms with van der Waals surface area (Å²) in [4.78, 5) is 22.5.